The Bertz CT molecular complexity index is 529. The molecule has 1 saturated heterocycles. The molecule has 0 amide bonds. The number of rotatable bonds is 4. The first-order chi connectivity index (χ1) is 10.9. The number of nitrogens with zero attached hydrogens (tertiary/aromatic N) is 3. The van der Waals surface area contributed by atoms with Crippen LogP contribution in [0, 0.1) is 5.92 Å². The second-order valence-corrected chi connectivity index (χ2v) is 5.64. The second-order valence-electron chi connectivity index (χ2n) is 5.64. The Balaban J connectivity index is 0.00000288. The average molecular weight is 458 g/mol. The maximum absolute atomic E-state index is 12.4. The van der Waals surface area contributed by atoms with Crippen LogP contribution in [0.4, 0.5) is 13.2 Å². The van der Waals surface area contributed by atoms with Gasteiger partial charge in [0.2, 0.25) is 5.88 Å². The number of likely N-dealkylation sites (tertiary alicyclic amines) is 1. The number of aliphatic imine (C=N–C) groups is 1. The average Bonchev–Trinajstić information content (AvgIpc) is 2.51. The highest BCUT2D eigenvalue weighted by molar-refractivity contribution is 14.0. The summed E-state index contributed by atoms with van der Waals surface area (Å²) in [6.45, 7) is 4.56. The van der Waals surface area contributed by atoms with Gasteiger partial charge in [0.15, 0.2) is 5.96 Å². The van der Waals surface area contributed by atoms with Crippen molar-refractivity contribution in [2.24, 2.45) is 16.6 Å². The molecule has 0 bridgehead atoms. The first-order valence-corrected chi connectivity index (χ1v) is 7.57. The summed E-state index contributed by atoms with van der Waals surface area (Å²) in [7, 11) is 0. The van der Waals surface area contributed by atoms with Crippen molar-refractivity contribution in [1.29, 1.82) is 0 Å². The molecule has 0 atom stereocenters. The minimum absolute atomic E-state index is 0. The van der Waals surface area contributed by atoms with Crippen LogP contribution in [0.3, 0.4) is 0 Å². The third kappa shape index (κ3) is 6.33. The Hall–Kier alpha value is -1.26. The smallest absolute Gasteiger partial charge is 0.417 e. The van der Waals surface area contributed by atoms with E-state index in [2.05, 4.69) is 16.9 Å². The fourth-order valence-corrected chi connectivity index (χ4v) is 2.28. The first kappa shape index (κ1) is 20.8. The number of hydrogen-bond acceptors (Lipinski definition) is 3. The van der Waals surface area contributed by atoms with Gasteiger partial charge in [-0.05, 0) is 24.8 Å². The number of ether oxygens (including phenoxy) is 1. The zero-order chi connectivity index (χ0) is 16.9. The van der Waals surface area contributed by atoms with E-state index in [0.717, 1.165) is 38.2 Å². The minimum Gasteiger partial charge on any atom is -0.476 e. The standard InChI is InChI=1S/C15H21F3N4O.HI/c1-11-4-7-22(8-5-11)14(19)20-6-9-23-13-3-2-12(10-21-13)15(16,17)18;/h2-3,10-11H,4-9H2,1H3,(H2,19,20);1H. The predicted molar refractivity (Wildman–Crippen MR) is 96.6 cm³/mol. The third-order valence-electron chi connectivity index (χ3n) is 3.79. The van der Waals surface area contributed by atoms with Crippen LogP contribution in [-0.4, -0.2) is 42.1 Å². The number of guanidine groups is 1. The van der Waals surface area contributed by atoms with Crippen LogP contribution in [-0.2, 0) is 6.18 Å². The van der Waals surface area contributed by atoms with E-state index in [-0.39, 0.29) is 36.5 Å². The highest BCUT2D eigenvalue weighted by Crippen LogP contribution is 2.29. The van der Waals surface area contributed by atoms with Gasteiger partial charge < -0.3 is 15.4 Å². The van der Waals surface area contributed by atoms with E-state index < -0.39 is 11.7 Å². The molecule has 0 radical (unpaired) electrons. The zero-order valence-electron chi connectivity index (χ0n) is 13.4. The van der Waals surface area contributed by atoms with E-state index in [0.29, 0.717) is 18.4 Å². The van der Waals surface area contributed by atoms with Crippen molar-refractivity contribution in [2.75, 3.05) is 26.2 Å². The summed E-state index contributed by atoms with van der Waals surface area (Å²) in [5, 5.41) is 0. The Morgan fingerprint density at radius 1 is 1.38 bits per heavy atom. The second kappa shape index (κ2) is 9.28. The number of nitrogens with two attached hydrogens (primary N) is 1. The molecular formula is C15H22F3IN4O. The summed E-state index contributed by atoms with van der Waals surface area (Å²) < 4.78 is 42.5. The predicted octanol–water partition coefficient (Wildman–Crippen LogP) is 3.14. The molecule has 24 heavy (non-hydrogen) atoms. The Kier molecular flexibility index (Phi) is 8.04. The Morgan fingerprint density at radius 3 is 2.58 bits per heavy atom. The van der Waals surface area contributed by atoms with Gasteiger partial charge in [0, 0.05) is 25.4 Å². The van der Waals surface area contributed by atoms with Crippen LogP contribution in [0.15, 0.2) is 23.3 Å². The van der Waals surface area contributed by atoms with Gasteiger partial charge in [0.1, 0.15) is 6.61 Å². The fourth-order valence-electron chi connectivity index (χ4n) is 2.28. The lowest BCUT2D eigenvalue weighted by atomic mass is 10.00. The highest BCUT2D eigenvalue weighted by Gasteiger charge is 2.30. The topological polar surface area (TPSA) is 63.7 Å². The van der Waals surface area contributed by atoms with Crippen LogP contribution in [0.25, 0.3) is 0 Å². The molecule has 0 aromatic carbocycles. The quantitative estimate of drug-likeness (QED) is 0.326. The van der Waals surface area contributed by atoms with E-state index >= 15 is 0 Å². The maximum atomic E-state index is 12.4. The monoisotopic (exact) mass is 458 g/mol. The maximum Gasteiger partial charge on any atom is 0.417 e. The van der Waals surface area contributed by atoms with Gasteiger partial charge >= 0.3 is 6.18 Å². The van der Waals surface area contributed by atoms with Crippen LogP contribution >= 0.6 is 24.0 Å². The molecule has 1 aliphatic rings. The lowest BCUT2D eigenvalue weighted by Crippen LogP contribution is -2.42. The third-order valence-corrected chi connectivity index (χ3v) is 3.79. The molecule has 2 rings (SSSR count). The summed E-state index contributed by atoms with van der Waals surface area (Å²) in [4.78, 5) is 9.90. The van der Waals surface area contributed by atoms with Gasteiger partial charge in [-0.3, -0.25) is 0 Å². The van der Waals surface area contributed by atoms with E-state index in [1.807, 2.05) is 4.90 Å². The molecule has 0 unspecified atom stereocenters. The number of hydrogen-bond donors (Lipinski definition) is 1. The molecule has 1 aliphatic heterocycles. The molecule has 0 spiro atoms. The molecule has 1 aromatic heterocycles. The molecule has 9 heteroatoms. The van der Waals surface area contributed by atoms with Gasteiger partial charge in [-0.2, -0.15) is 13.2 Å². The summed E-state index contributed by atoms with van der Waals surface area (Å²) in [6.07, 6.45) is -1.44. The number of pyridine rings is 1. The number of piperidine rings is 1. The summed E-state index contributed by atoms with van der Waals surface area (Å²) in [5.74, 6) is 1.34. The summed E-state index contributed by atoms with van der Waals surface area (Å²) in [6, 6.07) is 2.14. The normalized spacial score (nSPS) is 16.7. The number of alkyl halides is 3. The van der Waals surface area contributed by atoms with Crippen LogP contribution in [0.1, 0.15) is 25.3 Å². The summed E-state index contributed by atoms with van der Waals surface area (Å²) >= 11 is 0. The van der Waals surface area contributed by atoms with Crippen molar-refractivity contribution in [3.8, 4) is 5.88 Å². The van der Waals surface area contributed by atoms with Crippen molar-refractivity contribution >= 4 is 29.9 Å². The molecule has 136 valence electrons. The number of halogens is 4. The van der Waals surface area contributed by atoms with Crippen molar-refractivity contribution in [3.63, 3.8) is 0 Å². The molecule has 1 aromatic rings. The molecule has 0 saturated carbocycles. The molecule has 5 nitrogen and oxygen atoms in total. The van der Waals surface area contributed by atoms with E-state index in [9.17, 15) is 13.2 Å². The largest absolute Gasteiger partial charge is 0.476 e. The highest BCUT2D eigenvalue weighted by atomic mass is 127. The van der Waals surface area contributed by atoms with Gasteiger partial charge in [-0.25, -0.2) is 9.98 Å². The SMILES string of the molecule is CC1CCN(C(N)=NCCOc2ccc(C(F)(F)F)cn2)CC1.I. The number of aromatic nitrogens is 1. The Labute approximate surface area is 156 Å². The van der Waals surface area contributed by atoms with Gasteiger partial charge in [-0.15, -0.1) is 24.0 Å². The van der Waals surface area contributed by atoms with Crippen LogP contribution < -0.4 is 10.5 Å². The van der Waals surface area contributed by atoms with Crippen molar-refractivity contribution in [1.82, 2.24) is 9.88 Å². The van der Waals surface area contributed by atoms with E-state index in [1.165, 1.54) is 6.07 Å². The van der Waals surface area contributed by atoms with E-state index in [4.69, 9.17) is 10.5 Å². The van der Waals surface area contributed by atoms with Gasteiger partial charge in [0.05, 0.1) is 12.1 Å². The first-order valence-electron chi connectivity index (χ1n) is 7.57. The molecule has 2 heterocycles. The van der Waals surface area contributed by atoms with Crippen LogP contribution in [0.2, 0.25) is 0 Å². The van der Waals surface area contributed by atoms with Crippen LogP contribution in [0.5, 0.6) is 5.88 Å². The van der Waals surface area contributed by atoms with Crippen molar-refractivity contribution in [3.05, 3.63) is 23.9 Å². The molecule has 2 N–H and O–H groups in total. The molecule has 1 fully saturated rings. The minimum atomic E-state index is -4.39. The molecule has 0 aliphatic carbocycles. The fraction of sp³-hybridized carbons (Fsp3) is 0.600. The molecular weight excluding hydrogens is 436 g/mol. The zero-order valence-corrected chi connectivity index (χ0v) is 15.8. The Morgan fingerprint density at radius 2 is 2.04 bits per heavy atom. The van der Waals surface area contributed by atoms with Crippen molar-refractivity contribution in [2.45, 2.75) is 25.9 Å². The lowest BCUT2D eigenvalue weighted by Gasteiger charge is -2.31. The van der Waals surface area contributed by atoms with Gasteiger partial charge in [0.25, 0.3) is 0 Å². The van der Waals surface area contributed by atoms with Crippen molar-refractivity contribution < 1.29 is 17.9 Å². The van der Waals surface area contributed by atoms with Gasteiger partial charge in [-0.1, -0.05) is 6.92 Å². The van der Waals surface area contributed by atoms with E-state index in [1.54, 1.807) is 0 Å². The lowest BCUT2D eigenvalue weighted by molar-refractivity contribution is -0.137. The summed E-state index contributed by atoms with van der Waals surface area (Å²) in [5.41, 5.74) is 5.12.